The number of fused-ring (bicyclic) bond motifs is 1. The van der Waals surface area contributed by atoms with Crippen LogP contribution in [-0.2, 0) is 19.1 Å². The number of allylic oxidation sites excluding steroid dienone is 4. The quantitative estimate of drug-likeness (QED) is 0.288. The topological polar surface area (TPSA) is 118 Å². The molecule has 0 spiro atoms. The predicted octanol–water partition coefficient (Wildman–Crippen LogP) is 3.91. The van der Waals surface area contributed by atoms with E-state index in [0.717, 1.165) is 13.0 Å². The number of hydrogen-bond acceptors (Lipinski definition) is 10. The molecule has 5 rings (SSSR count). The molecule has 10 heteroatoms. The average molecular weight is 532 g/mol. The number of nitrogens with zero attached hydrogens (tertiary/aromatic N) is 2. The summed E-state index contributed by atoms with van der Waals surface area (Å²) < 4.78 is 27.9. The van der Waals surface area contributed by atoms with Gasteiger partial charge in [0.25, 0.3) is 0 Å². The molecule has 2 heterocycles. The van der Waals surface area contributed by atoms with Gasteiger partial charge >= 0.3 is 0 Å². The molecule has 2 aromatic carbocycles. The summed E-state index contributed by atoms with van der Waals surface area (Å²) >= 11 is 0. The minimum atomic E-state index is -0.272. The molecule has 10 nitrogen and oxygen atoms in total. The molecule has 1 atom stereocenters. The monoisotopic (exact) mass is 531 g/mol. The fraction of sp³-hybridized carbons (Fsp3) is 0.310. The first kappa shape index (κ1) is 26.3. The van der Waals surface area contributed by atoms with Crippen molar-refractivity contribution in [1.82, 2.24) is 9.97 Å². The van der Waals surface area contributed by atoms with E-state index in [9.17, 15) is 9.59 Å². The number of benzene rings is 2. The number of rotatable bonds is 11. The van der Waals surface area contributed by atoms with Crippen molar-refractivity contribution in [3.63, 3.8) is 0 Å². The van der Waals surface area contributed by atoms with E-state index in [1.54, 1.807) is 38.5 Å². The third-order valence-electron chi connectivity index (χ3n) is 6.46. The molecule has 2 aliphatic rings. The van der Waals surface area contributed by atoms with Crippen molar-refractivity contribution < 1.29 is 33.3 Å². The van der Waals surface area contributed by atoms with Crippen LogP contribution in [0.1, 0.15) is 12.0 Å². The van der Waals surface area contributed by atoms with E-state index >= 15 is 0 Å². The summed E-state index contributed by atoms with van der Waals surface area (Å²) in [5.41, 5.74) is 2.00. The number of ketones is 2. The van der Waals surface area contributed by atoms with Crippen LogP contribution in [0.4, 0.5) is 11.5 Å². The molecule has 39 heavy (non-hydrogen) atoms. The van der Waals surface area contributed by atoms with Crippen molar-refractivity contribution in [2.24, 2.45) is 5.92 Å². The Labute approximate surface area is 225 Å². The van der Waals surface area contributed by atoms with Gasteiger partial charge in [0, 0.05) is 47.9 Å². The number of carbonyl (C=O) groups excluding carboxylic acids is 2. The van der Waals surface area contributed by atoms with Crippen LogP contribution in [0.15, 0.2) is 54.9 Å². The van der Waals surface area contributed by atoms with Gasteiger partial charge < -0.3 is 29.0 Å². The molecular formula is C29H29N3O7. The highest BCUT2D eigenvalue weighted by Crippen LogP contribution is 2.37. The fourth-order valence-corrected chi connectivity index (χ4v) is 4.39. The lowest BCUT2D eigenvalue weighted by molar-refractivity contribution is -0.113. The van der Waals surface area contributed by atoms with Gasteiger partial charge in [-0.1, -0.05) is 0 Å². The lowest BCUT2D eigenvalue weighted by atomic mass is 9.94. The number of carbonyl (C=O) groups is 2. The molecule has 1 saturated heterocycles. The zero-order valence-electron chi connectivity index (χ0n) is 21.8. The molecule has 1 unspecified atom stereocenters. The second-order valence-electron chi connectivity index (χ2n) is 9.11. The lowest BCUT2D eigenvalue weighted by Gasteiger charge is -2.18. The van der Waals surface area contributed by atoms with Crippen molar-refractivity contribution in [2.45, 2.75) is 6.42 Å². The van der Waals surface area contributed by atoms with Gasteiger partial charge in [-0.05, 0) is 48.9 Å². The Hall–Kier alpha value is -4.28. The first-order valence-electron chi connectivity index (χ1n) is 12.6. The van der Waals surface area contributed by atoms with Gasteiger partial charge in [-0.3, -0.25) is 9.59 Å². The van der Waals surface area contributed by atoms with Crippen LogP contribution in [0.2, 0.25) is 0 Å². The molecule has 1 aliphatic carbocycles. The van der Waals surface area contributed by atoms with Gasteiger partial charge in [-0.25, -0.2) is 9.97 Å². The van der Waals surface area contributed by atoms with E-state index in [0.29, 0.717) is 77.6 Å². The van der Waals surface area contributed by atoms with E-state index in [2.05, 4.69) is 15.3 Å². The average Bonchev–Trinajstić information content (AvgIpc) is 3.47. The van der Waals surface area contributed by atoms with E-state index in [4.69, 9.17) is 23.7 Å². The van der Waals surface area contributed by atoms with Crippen LogP contribution in [0.5, 0.6) is 17.2 Å². The Morgan fingerprint density at radius 2 is 1.92 bits per heavy atom. The Morgan fingerprint density at radius 1 is 1.03 bits per heavy atom. The zero-order valence-corrected chi connectivity index (χ0v) is 21.8. The van der Waals surface area contributed by atoms with Crippen molar-refractivity contribution in [3.05, 3.63) is 60.5 Å². The van der Waals surface area contributed by atoms with Gasteiger partial charge in [0.1, 0.15) is 24.5 Å². The van der Waals surface area contributed by atoms with Gasteiger partial charge in [0.05, 0.1) is 32.4 Å². The Kier molecular flexibility index (Phi) is 8.14. The highest BCUT2D eigenvalue weighted by molar-refractivity contribution is 6.34. The van der Waals surface area contributed by atoms with E-state index in [1.807, 2.05) is 6.07 Å². The maximum Gasteiger partial charge on any atom is 0.186 e. The first-order chi connectivity index (χ1) is 19.1. The van der Waals surface area contributed by atoms with Crippen LogP contribution >= 0.6 is 0 Å². The Morgan fingerprint density at radius 3 is 2.72 bits per heavy atom. The highest BCUT2D eigenvalue weighted by Gasteiger charge is 2.22. The lowest BCUT2D eigenvalue weighted by Crippen LogP contribution is -2.12. The molecule has 3 aromatic rings. The van der Waals surface area contributed by atoms with E-state index in [1.165, 1.54) is 24.6 Å². The molecule has 202 valence electrons. The summed E-state index contributed by atoms with van der Waals surface area (Å²) in [4.78, 5) is 33.8. The Balaban J connectivity index is 1.50. The molecule has 1 aliphatic heterocycles. The number of anilines is 2. The number of methoxy groups -OCH3 is 2. The summed E-state index contributed by atoms with van der Waals surface area (Å²) in [5, 5.41) is 4.01. The van der Waals surface area contributed by atoms with Gasteiger partial charge in [-0.15, -0.1) is 0 Å². The molecule has 0 bridgehead atoms. The number of aromatic nitrogens is 2. The van der Waals surface area contributed by atoms with Crippen LogP contribution in [0.25, 0.3) is 16.5 Å². The summed E-state index contributed by atoms with van der Waals surface area (Å²) in [6.45, 7) is 2.69. The summed E-state index contributed by atoms with van der Waals surface area (Å²) in [7, 11) is 3.16. The van der Waals surface area contributed by atoms with E-state index in [-0.39, 0.29) is 17.1 Å². The summed E-state index contributed by atoms with van der Waals surface area (Å²) in [6.07, 6.45) is 6.26. The van der Waals surface area contributed by atoms with Crippen LogP contribution < -0.4 is 19.5 Å². The number of hydrogen-bond donors (Lipinski definition) is 1. The highest BCUT2D eigenvalue weighted by atomic mass is 16.5. The second kappa shape index (κ2) is 12.1. The minimum Gasteiger partial charge on any atom is -0.493 e. The van der Waals surface area contributed by atoms with Crippen LogP contribution in [-0.4, -0.2) is 68.8 Å². The van der Waals surface area contributed by atoms with E-state index < -0.39 is 0 Å². The molecule has 1 fully saturated rings. The van der Waals surface area contributed by atoms with Gasteiger partial charge in [-0.2, -0.15) is 0 Å². The number of nitrogens with one attached hydrogen (secondary N) is 1. The molecule has 0 amide bonds. The van der Waals surface area contributed by atoms with Gasteiger partial charge in [0.2, 0.25) is 0 Å². The van der Waals surface area contributed by atoms with Crippen molar-refractivity contribution in [3.8, 4) is 17.2 Å². The maximum absolute atomic E-state index is 12.8. The number of ether oxygens (including phenoxy) is 5. The molecule has 1 aromatic heterocycles. The third kappa shape index (κ3) is 6.08. The van der Waals surface area contributed by atoms with Crippen LogP contribution in [0, 0.1) is 5.92 Å². The first-order valence-corrected chi connectivity index (χ1v) is 12.6. The Bertz CT molecular complexity index is 1440. The maximum atomic E-state index is 12.8. The standard InChI is InChI=1S/C29H29N3O7/c1-35-9-10-38-28-14-25-23(13-27(28)36-2)29(31-17-30-25)32-24-5-4-20(39-16-18-7-8-37-15-18)12-21(24)22-11-19(33)3-6-26(22)34/h3-6,11-14,17-18H,7-10,15-16H2,1-2H3,(H,30,31,32). The molecule has 1 N–H and O–H groups in total. The second-order valence-corrected chi connectivity index (χ2v) is 9.11. The summed E-state index contributed by atoms with van der Waals surface area (Å²) in [5.74, 6) is 1.91. The predicted molar refractivity (Wildman–Crippen MR) is 145 cm³/mol. The molecular weight excluding hydrogens is 502 g/mol. The third-order valence-corrected chi connectivity index (χ3v) is 6.46. The zero-order chi connectivity index (χ0) is 27.2. The minimum absolute atomic E-state index is 0.261. The SMILES string of the molecule is COCCOc1cc2ncnc(Nc3ccc(OCC4CCOC4)cc3C3=CC(=O)C=CC3=O)c2cc1OC. The molecule has 0 saturated carbocycles. The summed E-state index contributed by atoms with van der Waals surface area (Å²) in [6, 6.07) is 8.95. The van der Waals surface area contributed by atoms with Crippen molar-refractivity contribution >= 4 is 39.5 Å². The smallest absolute Gasteiger partial charge is 0.186 e. The van der Waals surface area contributed by atoms with Crippen molar-refractivity contribution in [1.29, 1.82) is 0 Å². The van der Waals surface area contributed by atoms with Gasteiger partial charge in [0.15, 0.2) is 23.1 Å². The largest absolute Gasteiger partial charge is 0.493 e. The molecule has 0 radical (unpaired) electrons. The van der Waals surface area contributed by atoms with Crippen molar-refractivity contribution in [2.75, 3.05) is 52.6 Å². The normalized spacial score (nSPS) is 16.9. The fourth-order valence-electron chi connectivity index (χ4n) is 4.39. The van der Waals surface area contributed by atoms with Crippen LogP contribution in [0.3, 0.4) is 0 Å².